The Bertz CT molecular complexity index is 756. The molecule has 0 bridgehead atoms. The molecule has 0 unspecified atom stereocenters. The molecule has 2 amide bonds. The van der Waals surface area contributed by atoms with Crippen LogP contribution in [-0.2, 0) is 9.59 Å². The zero-order valence-electron chi connectivity index (χ0n) is 16.0. The molecule has 0 saturated heterocycles. The molecule has 0 spiro atoms. The van der Waals surface area contributed by atoms with Crippen LogP contribution in [0.25, 0.3) is 0 Å². The van der Waals surface area contributed by atoms with E-state index >= 15 is 0 Å². The van der Waals surface area contributed by atoms with E-state index in [2.05, 4.69) is 27.3 Å². The molecule has 144 valence electrons. The fourth-order valence-electron chi connectivity index (χ4n) is 2.29. The van der Waals surface area contributed by atoms with Gasteiger partial charge in [0.25, 0.3) is 5.91 Å². The maximum atomic E-state index is 12.7. The Morgan fingerprint density at radius 1 is 1.48 bits per heavy atom. The first-order valence-corrected chi connectivity index (χ1v) is 8.93. The van der Waals surface area contributed by atoms with Crippen LogP contribution >= 0.6 is 0 Å². The van der Waals surface area contributed by atoms with Crippen LogP contribution in [-0.4, -0.2) is 47.0 Å². The normalized spacial score (nSPS) is 19.3. The van der Waals surface area contributed by atoms with Crippen LogP contribution in [0.2, 0.25) is 0 Å². The van der Waals surface area contributed by atoms with Gasteiger partial charge in [0.15, 0.2) is 0 Å². The summed E-state index contributed by atoms with van der Waals surface area (Å²) in [6, 6.07) is 0.356. The third-order valence-corrected chi connectivity index (χ3v) is 3.89. The van der Waals surface area contributed by atoms with E-state index in [-0.39, 0.29) is 29.6 Å². The molecule has 3 N–H and O–H groups in total. The van der Waals surface area contributed by atoms with Crippen LogP contribution in [0.5, 0.6) is 0 Å². The summed E-state index contributed by atoms with van der Waals surface area (Å²) in [4.78, 5) is 28.9. The second-order valence-corrected chi connectivity index (χ2v) is 6.68. The van der Waals surface area contributed by atoms with E-state index in [1.807, 2.05) is 20.8 Å². The van der Waals surface area contributed by atoms with Gasteiger partial charge in [0.1, 0.15) is 12.4 Å². The first-order chi connectivity index (χ1) is 12.8. The first kappa shape index (κ1) is 20.3. The minimum absolute atomic E-state index is 0.0547. The van der Waals surface area contributed by atoms with Crippen LogP contribution in [0, 0.1) is 11.3 Å². The number of hydrogen-bond donors (Lipinski definition) is 3. The highest BCUT2D eigenvalue weighted by Crippen LogP contribution is 2.21. The second kappa shape index (κ2) is 9.07. The SMILES string of the molecule is C=C(/N=C\C=C/C)NC(=O)CN1N=C(C(C)C)C(=N)/C(=C\NC2CC2)C1=O. The molecule has 8 heteroatoms. The summed E-state index contributed by atoms with van der Waals surface area (Å²) in [7, 11) is 0. The molecule has 1 saturated carbocycles. The molecule has 0 aromatic carbocycles. The number of allylic oxidation sites excluding steroid dienone is 2. The number of aliphatic imine (C=N–C) groups is 1. The lowest BCUT2D eigenvalue weighted by molar-refractivity contribution is -0.132. The predicted octanol–water partition coefficient (Wildman–Crippen LogP) is 1.73. The summed E-state index contributed by atoms with van der Waals surface area (Å²) in [5, 5.41) is 19.3. The number of amides is 2. The standard InChI is InChI=1S/C19H26N6O2/c1-5-6-9-21-13(4)23-16(26)11-25-19(27)15(10-22-14-7-8-14)17(20)18(24-25)12(2)3/h5-6,9-10,12,14,20,22H,4,7-8,11H2,1-3H3,(H,23,26)/b6-5-,15-10+,20-17?,21-9-. The average Bonchev–Trinajstić information content (AvgIpc) is 3.41. The zero-order valence-corrected chi connectivity index (χ0v) is 16.0. The fourth-order valence-corrected chi connectivity index (χ4v) is 2.29. The molecule has 2 rings (SSSR count). The molecular formula is C19H26N6O2. The van der Waals surface area contributed by atoms with Gasteiger partial charge in [-0.3, -0.25) is 15.0 Å². The van der Waals surface area contributed by atoms with E-state index in [9.17, 15) is 9.59 Å². The zero-order chi connectivity index (χ0) is 20.0. The van der Waals surface area contributed by atoms with Crippen molar-refractivity contribution < 1.29 is 9.59 Å². The summed E-state index contributed by atoms with van der Waals surface area (Å²) in [5.41, 5.74) is 0.787. The van der Waals surface area contributed by atoms with E-state index in [1.54, 1.807) is 18.4 Å². The van der Waals surface area contributed by atoms with Gasteiger partial charge in [-0.2, -0.15) is 5.10 Å². The van der Waals surface area contributed by atoms with E-state index in [0.29, 0.717) is 11.8 Å². The second-order valence-electron chi connectivity index (χ2n) is 6.68. The monoisotopic (exact) mass is 370 g/mol. The Morgan fingerprint density at radius 3 is 2.78 bits per heavy atom. The summed E-state index contributed by atoms with van der Waals surface area (Å²) in [6.45, 7) is 9.01. The molecule has 0 radical (unpaired) electrons. The van der Waals surface area contributed by atoms with Gasteiger partial charge in [-0.1, -0.05) is 26.5 Å². The van der Waals surface area contributed by atoms with Gasteiger partial charge in [-0.25, -0.2) is 10.0 Å². The number of carbonyl (C=O) groups excluding carboxylic acids is 2. The fraction of sp³-hybridized carbons (Fsp3) is 0.421. The third kappa shape index (κ3) is 5.73. The molecule has 0 aromatic rings. The average molecular weight is 370 g/mol. The Labute approximate surface area is 159 Å². The number of nitrogens with one attached hydrogen (secondary N) is 3. The maximum absolute atomic E-state index is 12.7. The quantitative estimate of drug-likeness (QED) is 0.447. The molecule has 2 aliphatic rings. The van der Waals surface area contributed by atoms with E-state index in [0.717, 1.165) is 17.9 Å². The molecule has 1 aliphatic carbocycles. The summed E-state index contributed by atoms with van der Waals surface area (Å²) in [5.74, 6) is -0.813. The number of hydrogen-bond acceptors (Lipinski definition) is 6. The van der Waals surface area contributed by atoms with Crippen molar-refractivity contribution in [3.05, 3.63) is 36.3 Å². The van der Waals surface area contributed by atoms with Crippen LogP contribution in [0.4, 0.5) is 0 Å². The first-order valence-electron chi connectivity index (χ1n) is 8.93. The Hall–Kier alpha value is -3.03. The van der Waals surface area contributed by atoms with Crippen molar-refractivity contribution in [1.29, 1.82) is 5.41 Å². The lowest BCUT2D eigenvalue weighted by Crippen LogP contribution is -2.45. The van der Waals surface area contributed by atoms with Crippen molar-refractivity contribution in [3.8, 4) is 0 Å². The number of rotatable bonds is 8. The van der Waals surface area contributed by atoms with Gasteiger partial charge < -0.3 is 10.6 Å². The highest BCUT2D eigenvalue weighted by Gasteiger charge is 2.33. The van der Waals surface area contributed by atoms with Crippen molar-refractivity contribution >= 4 is 29.5 Å². The van der Waals surface area contributed by atoms with Gasteiger partial charge in [-0.15, -0.1) is 0 Å². The predicted molar refractivity (Wildman–Crippen MR) is 107 cm³/mol. The number of nitrogens with zero attached hydrogens (tertiary/aromatic N) is 3. The van der Waals surface area contributed by atoms with E-state index in [1.165, 1.54) is 6.21 Å². The molecule has 1 fully saturated rings. The smallest absolute Gasteiger partial charge is 0.278 e. The number of carbonyl (C=O) groups is 2. The molecule has 1 aliphatic heterocycles. The van der Waals surface area contributed by atoms with Gasteiger partial charge in [0, 0.05) is 18.5 Å². The molecule has 0 aromatic heterocycles. The van der Waals surface area contributed by atoms with Crippen LogP contribution in [0.1, 0.15) is 33.6 Å². The molecule has 0 atom stereocenters. The van der Waals surface area contributed by atoms with Crippen LogP contribution < -0.4 is 10.6 Å². The Morgan fingerprint density at radius 2 is 2.19 bits per heavy atom. The van der Waals surface area contributed by atoms with Crippen molar-refractivity contribution in [2.24, 2.45) is 16.0 Å². The summed E-state index contributed by atoms with van der Waals surface area (Å²) in [6.07, 6.45) is 8.70. The summed E-state index contributed by atoms with van der Waals surface area (Å²) < 4.78 is 0. The maximum Gasteiger partial charge on any atom is 0.278 e. The van der Waals surface area contributed by atoms with Gasteiger partial charge >= 0.3 is 0 Å². The van der Waals surface area contributed by atoms with Gasteiger partial charge in [0.05, 0.1) is 17.0 Å². The Kier molecular flexibility index (Phi) is 6.81. The highest BCUT2D eigenvalue weighted by atomic mass is 16.2. The minimum atomic E-state index is -0.476. The minimum Gasteiger partial charge on any atom is -0.387 e. The highest BCUT2D eigenvalue weighted by molar-refractivity contribution is 6.54. The van der Waals surface area contributed by atoms with Crippen molar-refractivity contribution in [2.75, 3.05) is 6.54 Å². The largest absolute Gasteiger partial charge is 0.387 e. The lowest BCUT2D eigenvalue weighted by Gasteiger charge is -2.27. The van der Waals surface area contributed by atoms with Gasteiger partial charge in [-0.05, 0) is 31.8 Å². The van der Waals surface area contributed by atoms with Crippen LogP contribution in [0.15, 0.2) is 46.4 Å². The molecule has 1 heterocycles. The van der Waals surface area contributed by atoms with Crippen molar-refractivity contribution in [3.63, 3.8) is 0 Å². The van der Waals surface area contributed by atoms with Crippen molar-refractivity contribution in [1.82, 2.24) is 15.6 Å². The third-order valence-electron chi connectivity index (χ3n) is 3.89. The van der Waals surface area contributed by atoms with Crippen molar-refractivity contribution in [2.45, 2.75) is 39.7 Å². The molecule has 27 heavy (non-hydrogen) atoms. The van der Waals surface area contributed by atoms with E-state index in [4.69, 9.17) is 5.41 Å². The Balaban J connectivity index is 2.12. The topological polar surface area (TPSA) is 110 Å². The number of hydrazone groups is 1. The summed E-state index contributed by atoms with van der Waals surface area (Å²) >= 11 is 0. The van der Waals surface area contributed by atoms with Crippen LogP contribution in [0.3, 0.4) is 0 Å². The molecule has 8 nitrogen and oxygen atoms in total. The van der Waals surface area contributed by atoms with E-state index < -0.39 is 11.8 Å². The molecular weight excluding hydrogens is 344 g/mol. The van der Waals surface area contributed by atoms with Gasteiger partial charge in [0.2, 0.25) is 5.91 Å². The lowest BCUT2D eigenvalue weighted by atomic mass is 9.96.